The SMILES string of the molecule is COCCNC(=O)c1c(NC(=O)COC(=O)CCC(=O)c2ccc(C)cc2)sc2c1CCCC2. The lowest BCUT2D eigenvalue weighted by Gasteiger charge is -2.13. The predicted octanol–water partition coefficient (Wildman–Crippen LogP) is 3.46. The molecule has 0 radical (unpaired) electrons. The smallest absolute Gasteiger partial charge is 0.306 e. The third-order valence-electron chi connectivity index (χ3n) is 5.54. The first-order valence-corrected chi connectivity index (χ1v) is 12.2. The van der Waals surface area contributed by atoms with Gasteiger partial charge < -0.3 is 20.1 Å². The standard InChI is InChI=1S/C25H30N2O6S/c1-16-7-9-17(10-8-16)19(28)11-12-22(30)33-15-21(29)27-25-23(24(31)26-13-14-32-2)18-5-3-4-6-20(18)34-25/h7-10H,3-6,11-15H2,1-2H3,(H,26,31)(H,27,29). The van der Waals surface area contributed by atoms with Crippen molar-refractivity contribution in [1.29, 1.82) is 0 Å². The van der Waals surface area contributed by atoms with E-state index >= 15 is 0 Å². The molecule has 0 bridgehead atoms. The van der Waals surface area contributed by atoms with E-state index in [-0.39, 0.29) is 24.5 Å². The van der Waals surface area contributed by atoms with Gasteiger partial charge in [0.2, 0.25) is 0 Å². The lowest BCUT2D eigenvalue weighted by Crippen LogP contribution is -2.29. The van der Waals surface area contributed by atoms with Crippen LogP contribution in [0.15, 0.2) is 24.3 Å². The van der Waals surface area contributed by atoms with Gasteiger partial charge in [-0.1, -0.05) is 29.8 Å². The highest BCUT2D eigenvalue weighted by Gasteiger charge is 2.26. The molecule has 2 N–H and O–H groups in total. The summed E-state index contributed by atoms with van der Waals surface area (Å²) < 4.78 is 10.0. The van der Waals surface area contributed by atoms with Gasteiger partial charge in [-0.2, -0.15) is 0 Å². The summed E-state index contributed by atoms with van der Waals surface area (Å²) in [4.78, 5) is 50.6. The van der Waals surface area contributed by atoms with Crippen molar-refractivity contribution in [2.45, 2.75) is 45.4 Å². The first-order chi connectivity index (χ1) is 16.4. The number of fused-ring (bicyclic) bond motifs is 1. The third-order valence-corrected chi connectivity index (χ3v) is 6.74. The van der Waals surface area contributed by atoms with Gasteiger partial charge in [0.05, 0.1) is 18.6 Å². The van der Waals surface area contributed by atoms with E-state index < -0.39 is 18.5 Å². The highest BCUT2D eigenvalue weighted by molar-refractivity contribution is 7.17. The molecule has 182 valence electrons. The van der Waals surface area contributed by atoms with E-state index in [2.05, 4.69) is 10.6 Å². The van der Waals surface area contributed by atoms with Crippen molar-refractivity contribution >= 4 is 39.9 Å². The molecule has 0 atom stereocenters. The molecule has 1 aliphatic rings. The van der Waals surface area contributed by atoms with E-state index in [1.807, 2.05) is 19.1 Å². The number of Topliss-reactive ketones (excluding diaryl/α,β-unsaturated/α-hetero) is 1. The minimum Gasteiger partial charge on any atom is -0.456 e. The van der Waals surface area contributed by atoms with Crippen molar-refractivity contribution in [3.05, 3.63) is 51.4 Å². The predicted molar refractivity (Wildman–Crippen MR) is 130 cm³/mol. The van der Waals surface area contributed by atoms with Crippen LogP contribution in [-0.4, -0.2) is 50.4 Å². The second-order valence-corrected chi connectivity index (χ2v) is 9.27. The van der Waals surface area contributed by atoms with Gasteiger partial charge in [0.1, 0.15) is 5.00 Å². The molecular weight excluding hydrogens is 456 g/mol. The molecule has 9 heteroatoms. The first kappa shape index (κ1) is 25.6. The van der Waals surface area contributed by atoms with Gasteiger partial charge in [0.25, 0.3) is 11.8 Å². The zero-order valence-electron chi connectivity index (χ0n) is 19.5. The average molecular weight is 487 g/mol. The van der Waals surface area contributed by atoms with Crippen LogP contribution in [0.1, 0.15) is 62.4 Å². The lowest BCUT2D eigenvalue weighted by molar-refractivity contribution is -0.147. The van der Waals surface area contributed by atoms with Gasteiger partial charge in [0, 0.05) is 30.5 Å². The second kappa shape index (κ2) is 12.4. The van der Waals surface area contributed by atoms with Crippen LogP contribution >= 0.6 is 11.3 Å². The molecule has 1 aliphatic carbocycles. The molecule has 0 fully saturated rings. The summed E-state index contributed by atoms with van der Waals surface area (Å²) in [5.74, 6) is -1.56. The van der Waals surface area contributed by atoms with Crippen LogP contribution in [0.25, 0.3) is 0 Å². The van der Waals surface area contributed by atoms with Crippen molar-refractivity contribution in [2.24, 2.45) is 0 Å². The minimum atomic E-state index is -0.626. The number of hydrogen-bond acceptors (Lipinski definition) is 7. The number of rotatable bonds is 11. The van der Waals surface area contributed by atoms with Crippen LogP contribution in [-0.2, 0) is 31.9 Å². The summed E-state index contributed by atoms with van der Waals surface area (Å²) in [5.41, 5.74) is 3.05. The monoisotopic (exact) mass is 486 g/mol. The molecule has 1 heterocycles. The second-order valence-electron chi connectivity index (χ2n) is 8.16. The highest BCUT2D eigenvalue weighted by atomic mass is 32.1. The molecule has 0 aliphatic heterocycles. The van der Waals surface area contributed by atoms with Gasteiger partial charge in [-0.25, -0.2) is 0 Å². The Morgan fingerprint density at radius 1 is 1.03 bits per heavy atom. The summed E-state index contributed by atoms with van der Waals surface area (Å²) >= 11 is 1.40. The van der Waals surface area contributed by atoms with Crippen LogP contribution in [0.2, 0.25) is 0 Å². The highest BCUT2D eigenvalue weighted by Crippen LogP contribution is 2.38. The normalized spacial score (nSPS) is 12.5. The van der Waals surface area contributed by atoms with Gasteiger partial charge >= 0.3 is 5.97 Å². The Kier molecular flexibility index (Phi) is 9.35. The summed E-state index contributed by atoms with van der Waals surface area (Å²) in [6.45, 7) is 2.21. The van der Waals surface area contributed by atoms with Gasteiger partial charge in [-0.3, -0.25) is 19.2 Å². The molecule has 0 spiro atoms. The molecule has 1 aromatic carbocycles. The molecule has 0 saturated carbocycles. The summed E-state index contributed by atoms with van der Waals surface area (Å²) in [5, 5.41) is 6.02. The number of ether oxygens (including phenoxy) is 2. The van der Waals surface area contributed by atoms with Crippen LogP contribution < -0.4 is 10.6 Å². The average Bonchev–Trinajstić information content (AvgIpc) is 3.19. The fraction of sp³-hybridized carbons (Fsp3) is 0.440. The third kappa shape index (κ3) is 6.98. The Hall–Kier alpha value is -3.04. The number of carbonyl (C=O) groups is 4. The van der Waals surface area contributed by atoms with E-state index in [0.717, 1.165) is 41.7 Å². The Labute approximate surface area is 203 Å². The fourth-order valence-corrected chi connectivity index (χ4v) is 5.03. The van der Waals surface area contributed by atoms with Crippen LogP contribution in [0.3, 0.4) is 0 Å². The first-order valence-electron chi connectivity index (χ1n) is 11.4. The van der Waals surface area contributed by atoms with Crippen molar-refractivity contribution < 1.29 is 28.7 Å². The number of thiophene rings is 1. The molecule has 8 nitrogen and oxygen atoms in total. The number of hydrogen-bond donors (Lipinski definition) is 2. The van der Waals surface area contributed by atoms with Crippen molar-refractivity contribution in [3.8, 4) is 0 Å². The van der Waals surface area contributed by atoms with E-state index in [0.29, 0.717) is 29.3 Å². The zero-order chi connectivity index (χ0) is 24.5. The van der Waals surface area contributed by atoms with Crippen molar-refractivity contribution in [2.75, 3.05) is 32.2 Å². The summed E-state index contributed by atoms with van der Waals surface area (Å²) in [6.07, 6.45) is 3.60. The van der Waals surface area contributed by atoms with E-state index in [1.54, 1.807) is 19.2 Å². The Bertz CT molecular complexity index is 1040. The number of anilines is 1. The number of benzene rings is 1. The number of esters is 1. The largest absolute Gasteiger partial charge is 0.456 e. The molecule has 1 aromatic heterocycles. The lowest BCUT2D eigenvalue weighted by atomic mass is 9.95. The number of aryl methyl sites for hydroxylation is 2. The molecule has 2 amide bonds. The minimum absolute atomic E-state index is 0.00690. The van der Waals surface area contributed by atoms with Gasteiger partial charge in [0.15, 0.2) is 12.4 Å². The van der Waals surface area contributed by atoms with Crippen LogP contribution in [0.4, 0.5) is 5.00 Å². The van der Waals surface area contributed by atoms with E-state index in [1.165, 1.54) is 11.3 Å². The van der Waals surface area contributed by atoms with Crippen LogP contribution in [0, 0.1) is 6.92 Å². The number of methoxy groups -OCH3 is 1. The molecule has 0 unspecified atom stereocenters. The molecule has 3 rings (SSSR count). The van der Waals surface area contributed by atoms with Gasteiger partial charge in [-0.15, -0.1) is 11.3 Å². The Balaban J connectivity index is 1.53. The molecule has 2 aromatic rings. The summed E-state index contributed by atoms with van der Waals surface area (Å²) in [7, 11) is 1.56. The Morgan fingerprint density at radius 2 is 1.76 bits per heavy atom. The van der Waals surface area contributed by atoms with Crippen LogP contribution in [0.5, 0.6) is 0 Å². The quantitative estimate of drug-likeness (QED) is 0.286. The Morgan fingerprint density at radius 3 is 2.50 bits per heavy atom. The molecule has 0 saturated heterocycles. The van der Waals surface area contributed by atoms with Gasteiger partial charge in [-0.05, 0) is 38.2 Å². The molecular formula is C25H30N2O6S. The number of ketones is 1. The fourth-order valence-electron chi connectivity index (χ4n) is 3.73. The van der Waals surface area contributed by atoms with Crippen molar-refractivity contribution in [1.82, 2.24) is 5.32 Å². The van der Waals surface area contributed by atoms with Crippen molar-refractivity contribution in [3.63, 3.8) is 0 Å². The zero-order valence-corrected chi connectivity index (χ0v) is 20.3. The topological polar surface area (TPSA) is 111 Å². The van der Waals surface area contributed by atoms with E-state index in [4.69, 9.17) is 9.47 Å². The maximum Gasteiger partial charge on any atom is 0.306 e. The number of carbonyl (C=O) groups excluding carboxylic acids is 4. The maximum absolute atomic E-state index is 12.8. The summed E-state index contributed by atoms with van der Waals surface area (Å²) in [6, 6.07) is 7.12. The number of nitrogens with one attached hydrogen (secondary N) is 2. The molecule has 34 heavy (non-hydrogen) atoms. The number of amides is 2. The van der Waals surface area contributed by atoms with E-state index in [9.17, 15) is 19.2 Å². The maximum atomic E-state index is 12.8.